The summed E-state index contributed by atoms with van der Waals surface area (Å²) < 4.78 is 5.25. The molecule has 0 heterocycles. The Bertz CT molecular complexity index is 386. The van der Waals surface area contributed by atoms with Crippen LogP contribution in [0.5, 0.6) is 0 Å². The molecule has 1 nitrogen and oxygen atoms in total. The molecule has 0 saturated carbocycles. The average Bonchev–Trinajstić information content (AvgIpc) is 2.10. The zero-order valence-electron chi connectivity index (χ0n) is 15.1. The van der Waals surface area contributed by atoms with Gasteiger partial charge in [-0.15, -0.1) is 6.58 Å². The number of hydrogen-bond acceptors (Lipinski definition) is 2. The third kappa shape index (κ3) is 2.96. The van der Waals surface area contributed by atoms with E-state index in [0.29, 0.717) is 3.91 Å². The van der Waals surface area contributed by atoms with Gasteiger partial charge in [0.2, 0.25) is 8.24 Å². The summed E-state index contributed by atoms with van der Waals surface area (Å²) in [6.07, 6.45) is 0. The molecule has 0 radical (unpaired) electrons. The molecule has 0 aromatic heterocycles. The smallest absolute Gasteiger partial charge is 0.213 e. The highest BCUT2D eigenvalue weighted by Gasteiger charge is 2.68. The maximum atomic E-state index is 5.02. The van der Waals surface area contributed by atoms with Gasteiger partial charge in [0.1, 0.15) is 0 Å². The van der Waals surface area contributed by atoms with Gasteiger partial charge in [0, 0.05) is 29.4 Å². The first-order valence-electron chi connectivity index (χ1n) is 7.35. The van der Waals surface area contributed by atoms with Crippen molar-refractivity contribution in [3.63, 3.8) is 0 Å². The van der Waals surface area contributed by atoms with Gasteiger partial charge in [-0.2, -0.15) is 0 Å². The van der Waals surface area contributed by atoms with Crippen molar-refractivity contribution in [3.8, 4) is 0 Å². The van der Waals surface area contributed by atoms with Crippen LogP contribution in [0.3, 0.4) is 0 Å². The number of hydrogen-bond donors (Lipinski definition) is 0. The van der Waals surface area contributed by atoms with Gasteiger partial charge < -0.3 is 0 Å². The number of isothiocyanates is 1. The van der Waals surface area contributed by atoms with E-state index >= 15 is 0 Å². The second kappa shape index (κ2) is 5.89. The van der Waals surface area contributed by atoms with E-state index in [9.17, 15) is 0 Å². The SMILES string of the molecule is C=C[Si](C)(N=C=S)C([Si](C)(C)C)([Si](C)(C)C)[Si](C)(C)C. The Morgan fingerprint density at radius 3 is 1.30 bits per heavy atom. The first kappa shape index (κ1) is 20.4. The highest BCUT2D eigenvalue weighted by atomic mass is 32.1. The molecular weight excluding hydrogens is 327 g/mol. The van der Waals surface area contributed by atoms with Gasteiger partial charge in [0.05, 0.1) is 0 Å². The predicted octanol–water partition coefficient (Wildman–Crippen LogP) is 5.76. The maximum Gasteiger partial charge on any atom is 0.213 e. The van der Waals surface area contributed by atoms with Gasteiger partial charge in [-0.05, 0) is 22.7 Å². The van der Waals surface area contributed by atoms with Crippen molar-refractivity contribution < 1.29 is 0 Å². The van der Waals surface area contributed by atoms with Crippen LogP contribution in [0.2, 0.25) is 69.4 Å². The fourth-order valence-corrected chi connectivity index (χ4v) is 54.0. The number of rotatable bonds is 6. The van der Waals surface area contributed by atoms with Gasteiger partial charge in [0.15, 0.2) is 0 Å². The van der Waals surface area contributed by atoms with E-state index in [-0.39, 0.29) is 0 Å². The summed E-state index contributed by atoms with van der Waals surface area (Å²) in [6, 6.07) is 0. The fraction of sp³-hybridized carbons (Fsp3) is 0.786. The minimum atomic E-state index is -2.05. The highest BCUT2D eigenvalue weighted by molar-refractivity contribution is 7.78. The van der Waals surface area contributed by atoms with E-state index in [4.69, 9.17) is 16.9 Å². The fourth-order valence-electron chi connectivity index (χ4n) is 6.03. The highest BCUT2D eigenvalue weighted by Crippen LogP contribution is 2.60. The molecule has 20 heavy (non-hydrogen) atoms. The molecule has 116 valence electrons. The van der Waals surface area contributed by atoms with Crippen molar-refractivity contribution in [1.29, 1.82) is 0 Å². The standard InChI is InChI=1S/C14H33NSSi4/c1-12-20(11,15-13-16)14(17(2,3)4,18(5,6)7)19(8,9)10/h12H,1H2,2-11H3. The van der Waals surface area contributed by atoms with E-state index < -0.39 is 32.5 Å². The molecule has 6 heteroatoms. The van der Waals surface area contributed by atoms with Crippen LogP contribution in [0, 0.1) is 0 Å². The molecule has 1 unspecified atom stereocenters. The second-order valence-electron chi connectivity index (χ2n) is 9.05. The Labute approximate surface area is 136 Å². The lowest BCUT2D eigenvalue weighted by Crippen LogP contribution is -2.75. The molecule has 0 N–H and O–H groups in total. The summed E-state index contributed by atoms with van der Waals surface area (Å²) in [5.74, 6) is 0. The molecular formula is C14H33NSSi4. The van der Waals surface area contributed by atoms with E-state index in [1.54, 1.807) is 0 Å². The van der Waals surface area contributed by atoms with Gasteiger partial charge in [-0.25, -0.2) is 0 Å². The largest absolute Gasteiger partial charge is 0.269 e. The summed E-state index contributed by atoms with van der Waals surface area (Å²) in [7, 11) is -6.45. The third-order valence-electron chi connectivity index (χ3n) is 4.81. The van der Waals surface area contributed by atoms with Crippen molar-refractivity contribution in [2.45, 2.75) is 69.4 Å². The lowest BCUT2D eigenvalue weighted by molar-refractivity contribution is 1.17. The quantitative estimate of drug-likeness (QED) is 0.333. The molecule has 1 atom stereocenters. The topological polar surface area (TPSA) is 12.4 Å². The van der Waals surface area contributed by atoms with Crippen LogP contribution < -0.4 is 0 Å². The minimum Gasteiger partial charge on any atom is -0.269 e. The Morgan fingerprint density at radius 2 is 1.15 bits per heavy atom. The Morgan fingerprint density at radius 1 is 0.850 bits per heavy atom. The molecule has 0 spiro atoms. The molecule has 0 fully saturated rings. The van der Waals surface area contributed by atoms with E-state index in [1.807, 2.05) is 0 Å². The lowest BCUT2D eigenvalue weighted by Gasteiger charge is -2.64. The Hall–Kier alpha value is 0.408. The predicted molar refractivity (Wildman–Crippen MR) is 110 cm³/mol. The summed E-state index contributed by atoms with van der Waals surface area (Å²) in [4.78, 5) is 0. The van der Waals surface area contributed by atoms with Crippen molar-refractivity contribution in [3.05, 3.63) is 12.3 Å². The molecule has 0 aliphatic heterocycles. The maximum absolute atomic E-state index is 5.02. The number of thiocarbonyl (C=S) groups is 1. The summed E-state index contributed by atoms with van der Waals surface area (Å²) in [5.41, 5.74) is 2.20. The lowest BCUT2D eigenvalue weighted by atomic mass is 11.3. The monoisotopic (exact) mass is 359 g/mol. The zero-order valence-corrected chi connectivity index (χ0v) is 20.0. The van der Waals surface area contributed by atoms with Crippen LogP contribution in [-0.2, 0) is 0 Å². The average molecular weight is 360 g/mol. The van der Waals surface area contributed by atoms with E-state index in [2.05, 4.69) is 82.9 Å². The molecule has 0 aliphatic rings. The van der Waals surface area contributed by atoms with Crippen molar-refractivity contribution in [1.82, 2.24) is 0 Å². The van der Waals surface area contributed by atoms with Gasteiger partial charge in [-0.1, -0.05) is 64.6 Å². The molecule has 0 bridgehead atoms. The van der Waals surface area contributed by atoms with Crippen LogP contribution >= 0.6 is 12.2 Å². The van der Waals surface area contributed by atoms with Crippen LogP contribution in [0.4, 0.5) is 0 Å². The number of nitrogens with zero attached hydrogens (tertiary/aromatic N) is 1. The second-order valence-corrected chi connectivity index (χ2v) is 31.7. The van der Waals surface area contributed by atoms with Crippen molar-refractivity contribution in [2.24, 2.45) is 4.66 Å². The summed E-state index contributed by atoms with van der Waals surface area (Å²) in [5, 5.41) is 2.75. The molecule has 0 saturated heterocycles. The first-order chi connectivity index (χ1) is 8.62. The molecule has 0 rings (SSSR count). The zero-order chi connectivity index (χ0) is 16.6. The Kier molecular flexibility index (Phi) is 6.01. The molecule has 0 aromatic rings. The first-order valence-corrected chi connectivity index (χ1v) is 20.8. The normalized spacial score (nSPS) is 17.1. The van der Waals surface area contributed by atoms with Crippen molar-refractivity contribution >= 4 is 49.8 Å². The van der Waals surface area contributed by atoms with Crippen LogP contribution in [0.1, 0.15) is 0 Å². The Balaban J connectivity index is 6.95. The molecule has 0 aromatic carbocycles. The van der Waals surface area contributed by atoms with Gasteiger partial charge in [-0.3, -0.25) is 4.66 Å². The van der Waals surface area contributed by atoms with E-state index in [1.165, 1.54) is 0 Å². The summed E-state index contributed by atoms with van der Waals surface area (Å²) >= 11 is 5.02. The van der Waals surface area contributed by atoms with Gasteiger partial charge >= 0.3 is 0 Å². The van der Waals surface area contributed by atoms with Gasteiger partial charge in [0.25, 0.3) is 0 Å². The van der Waals surface area contributed by atoms with Crippen LogP contribution in [0.15, 0.2) is 16.9 Å². The third-order valence-corrected chi connectivity index (χ3v) is 39.5. The van der Waals surface area contributed by atoms with Crippen LogP contribution in [-0.4, -0.2) is 37.6 Å². The molecule has 0 amide bonds. The van der Waals surface area contributed by atoms with Crippen molar-refractivity contribution in [2.75, 3.05) is 0 Å². The summed E-state index contributed by atoms with van der Waals surface area (Å²) in [6.45, 7) is 29.4. The minimum absolute atomic E-state index is 0.410. The molecule has 0 aliphatic carbocycles. The van der Waals surface area contributed by atoms with Crippen LogP contribution in [0.25, 0.3) is 0 Å². The van der Waals surface area contributed by atoms with E-state index in [0.717, 1.165) is 0 Å².